The molecule has 2 aromatic carbocycles. The number of carbonyl (C=O) groups excluding carboxylic acids is 2. The topological polar surface area (TPSA) is 55.8 Å². The van der Waals surface area contributed by atoms with Crippen molar-refractivity contribution < 1.29 is 19.1 Å². The molecule has 5 heteroatoms. The van der Waals surface area contributed by atoms with E-state index >= 15 is 0 Å². The summed E-state index contributed by atoms with van der Waals surface area (Å²) in [5, 5.41) is 0. The molecule has 0 aliphatic rings. The Morgan fingerprint density at radius 1 is 1.00 bits per heavy atom. The Kier molecular flexibility index (Phi) is 7.68. The van der Waals surface area contributed by atoms with Crippen LogP contribution < -0.4 is 4.74 Å². The van der Waals surface area contributed by atoms with E-state index in [9.17, 15) is 9.59 Å². The molecule has 2 aromatic rings. The standard InChI is InChI=1S/C21H25NO4/c1-3-25-21(24)17(2)22(16-18-10-6-4-7-11-18)20(23)14-15-26-19-12-8-5-9-13-19/h4-13,17H,3,14-16H2,1-2H3. The second-order valence-electron chi connectivity index (χ2n) is 5.85. The smallest absolute Gasteiger partial charge is 0.328 e. The number of para-hydroxylation sites is 1. The van der Waals surface area contributed by atoms with Crippen molar-refractivity contribution in [3.8, 4) is 5.75 Å². The molecular formula is C21H25NO4. The fourth-order valence-electron chi connectivity index (χ4n) is 2.53. The number of amides is 1. The summed E-state index contributed by atoms with van der Waals surface area (Å²) in [6.07, 6.45) is 0.186. The molecule has 26 heavy (non-hydrogen) atoms. The third kappa shape index (κ3) is 5.92. The van der Waals surface area contributed by atoms with Crippen LogP contribution in [0.5, 0.6) is 5.75 Å². The molecule has 0 radical (unpaired) electrons. The summed E-state index contributed by atoms with van der Waals surface area (Å²) in [6, 6.07) is 18.3. The number of hydrogen-bond donors (Lipinski definition) is 0. The molecule has 1 atom stereocenters. The Labute approximate surface area is 154 Å². The van der Waals surface area contributed by atoms with E-state index in [1.807, 2.05) is 60.7 Å². The Bertz CT molecular complexity index is 688. The molecule has 0 aliphatic carbocycles. The second kappa shape index (κ2) is 10.2. The van der Waals surface area contributed by atoms with Gasteiger partial charge in [0, 0.05) is 6.54 Å². The lowest BCUT2D eigenvalue weighted by Crippen LogP contribution is -2.44. The van der Waals surface area contributed by atoms with Gasteiger partial charge in [-0.3, -0.25) is 4.79 Å². The molecule has 1 unspecified atom stereocenters. The third-order valence-electron chi connectivity index (χ3n) is 3.94. The molecule has 0 aromatic heterocycles. The lowest BCUT2D eigenvalue weighted by atomic mass is 10.1. The predicted octanol–water partition coefficient (Wildman–Crippen LogP) is 3.44. The van der Waals surface area contributed by atoms with Gasteiger partial charge in [0.25, 0.3) is 0 Å². The Morgan fingerprint density at radius 2 is 1.62 bits per heavy atom. The first-order valence-electron chi connectivity index (χ1n) is 8.79. The summed E-state index contributed by atoms with van der Waals surface area (Å²) in [6.45, 7) is 4.33. The maximum absolute atomic E-state index is 12.7. The van der Waals surface area contributed by atoms with Crippen LogP contribution in [-0.4, -0.2) is 36.0 Å². The summed E-state index contributed by atoms with van der Waals surface area (Å²) in [7, 11) is 0. The summed E-state index contributed by atoms with van der Waals surface area (Å²) >= 11 is 0. The minimum Gasteiger partial charge on any atom is -0.493 e. The van der Waals surface area contributed by atoms with Gasteiger partial charge >= 0.3 is 5.97 Å². The molecule has 0 saturated carbocycles. The van der Waals surface area contributed by atoms with Crippen LogP contribution in [0.2, 0.25) is 0 Å². The average molecular weight is 355 g/mol. The zero-order chi connectivity index (χ0) is 18.8. The van der Waals surface area contributed by atoms with Crippen LogP contribution in [0.3, 0.4) is 0 Å². The van der Waals surface area contributed by atoms with Crippen molar-refractivity contribution in [3.05, 3.63) is 66.2 Å². The van der Waals surface area contributed by atoms with Crippen LogP contribution in [0.4, 0.5) is 0 Å². The highest BCUT2D eigenvalue weighted by Crippen LogP contribution is 2.13. The van der Waals surface area contributed by atoms with Gasteiger partial charge in [-0.15, -0.1) is 0 Å². The Balaban J connectivity index is 2.01. The number of rotatable bonds is 9. The van der Waals surface area contributed by atoms with Crippen LogP contribution in [0.1, 0.15) is 25.8 Å². The van der Waals surface area contributed by atoms with Crippen LogP contribution in [0, 0.1) is 0 Å². The van der Waals surface area contributed by atoms with Crippen molar-refractivity contribution >= 4 is 11.9 Å². The number of ether oxygens (including phenoxy) is 2. The highest BCUT2D eigenvalue weighted by atomic mass is 16.5. The zero-order valence-electron chi connectivity index (χ0n) is 15.3. The monoisotopic (exact) mass is 355 g/mol. The van der Waals surface area contributed by atoms with Crippen molar-refractivity contribution in [3.63, 3.8) is 0 Å². The van der Waals surface area contributed by atoms with Gasteiger partial charge < -0.3 is 14.4 Å². The van der Waals surface area contributed by atoms with Gasteiger partial charge in [-0.2, -0.15) is 0 Å². The number of hydrogen-bond acceptors (Lipinski definition) is 4. The first-order valence-corrected chi connectivity index (χ1v) is 8.79. The maximum Gasteiger partial charge on any atom is 0.328 e. The van der Waals surface area contributed by atoms with E-state index in [1.165, 1.54) is 0 Å². The van der Waals surface area contributed by atoms with Gasteiger partial charge in [-0.1, -0.05) is 48.5 Å². The Hall–Kier alpha value is -2.82. The quantitative estimate of drug-likeness (QED) is 0.647. The molecule has 0 heterocycles. The van der Waals surface area contributed by atoms with Gasteiger partial charge in [-0.05, 0) is 31.5 Å². The SMILES string of the molecule is CCOC(=O)C(C)N(Cc1ccccc1)C(=O)CCOc1ccccc1. The molecule has 1 amide bonds. The zero-order valence-corrected chi connectivity index (χ0v) is 15.3. The summed E-state index contributed by atoms with van der Waals surface area (Å²) in [5.74, 6) is 0.166. The van der Waals surface area contributed by atoms with E-state index in [0.717, 1.165) is 5.56 Å². The van der Waals surface area contributed by atoms with E-state index in [2.05, 4.69) is 0 Å². The van der Waals surface area contributed by atoms with Crippen LogP contribution >= 0.6 is 0 Å². The van der Waals surface area contributed by atoms with Gasteiger partial charge in [0.15, 0.2) is 0 Å². The minimum atomic E-state index is -0.653. The molecule has 5 nitrogen and oxygen atoms in total. The molecule has 0 saturated heterocycles. The second-order valence-corrected chi connectivity index (χ2v) is 5.85. The normalized spacial score (nSPS) is 11.5. The molecule has 0 fully saturated rings. The van der Waals surface area contributed by atoms with E-state index in [1.54, 1.807) is 18.7 Å². The number of esters is 1. The number of carbonyl (C=O) groups is 2. The maximum atomic E-state index is 12.7. The van der Waals surface area contributed by atoms with Gasteiger partial charge in [0.05, 0.1) is 19.6 Å². The van der Waals surface area contributed by atoms with Gasteiger partial charge in [-0.25, -0.2) is 4.79 Å². The van der Waals surface area contributed by atoms with Crippen molar-refractivity contribution in [2.75, 3.05) is 13.2 Å². The summed E-state index contributed by atoms with van der Waals surface area (Å²) < 4.78 is 10.7. The van der Waals surface area contributed by atoms with Crippen molar-refractivity contribution in [1.82, 2.24) is 4.90 Å². The van der Waals surface area contributed by atoms with Crippen LogP contribution in [0.25, 0.3) is 0 Å². The molecule has 2 rings (SSSR count). The lowest BCUT2D eigenvalue weighted by molar-refractivity contribution is -0.154. The van der Waals surface area contributed by atoms with Gasteiger partial charge in [0.1, 0.15) is 11.8 Å². The summed E-state index contributed by atoms with van der Waals surface area (Å²) in [5.41, 5.74) is 0.959. The lowest BCUT2D eigenvalue weighted by Gasteiger charge is -2.28. The van der Waals surface area contributed by atoms with Crippen molar-refractivity contribution in [2.24, 2.45) is 0 Å². The molecule has 0 aliphatic heterocycles. The highest BCUT2D eigenvalue weighted by Gasteiger charge is 2.26. The molecule has 138 valence electrons. The Morgan fingerprint density at radius 3 is 2.23 bits per heavy atom. The van der Waals surface area contributed by atoms with Crippen LogP contribution in [-0.2, 0) is 20.9 Å². The predicted molar refractivity (Wildman–Crippen MR) is 99.6 cm³/mol. The minimum absolute atomic E-state index is 0.148. The largest absolute Gasteiger partial charge is 0.493 e. The summed E-state index contributed by atoms with van der Waals surface area (Å²) in [4.78, 5) is 26.4. The average Bonchev–Trinajstić information content (AvgIpc) is 2.67. The first kappa shape index (κ1) is 19.5. The third-order valence-corrected chi connectivity index (χ3v) is 3.94. The highest BCUT2D eigenvalue weighted by molar-refractivity contribution is 5.84. The molecule has 0 N–H and O–H groups in total. The fourth-order valence-corrected chi connectivity index (χ4v) is 2.53. The molecule has 0 spiro atoms. The van der Waals surface area contributed by atoms with Crippen molar-refractivity contribution in [2.45, 2.75) is 32.9 Å². The molecule has 0 bridgehead atoms. The van der Waals surface area contributed by atoms with Crippen LogP contribution in [0.15, 0.2) is 60.7 Å². The number of benzene rings is 2. The number of nitrogens with zero attached hydrogens (tertiary/aromatic N) is 1. The van der Waals surface area contributed by atoms with E-state index in [0.29, 0.717) is 12.3 Å². The molecular weight excluding hydrogens is 330 g/mol. The van der Waals surface area contributed by atoms with E-state index in [-0.39, 0.29) is 25.5 Å². The van der Waals surface area contributed by atoms with E-state index < -0.39 is 12.0 Å². The first-order chi connectivity index (χ1) is 12.6. The fraction of sp³-hybridized carbons (Fsp3) is 0.333. The van der Waals surface area contributed by atoms with E-state index in [4.69, 9.17) is 9.47 Å². The van der Waals surface area contributed by atoms with Gasteiger partial charge in [0.2, 0.25) is 5.91 Å². The van der Waals surface area contributed by atoms with Crippen molar-refractivity contribution in [1.29, 1.82) is 0 Å².